The summed E-state index contributed by atoms with van der Waals surface area (Å²) in [4.78, 5) is 22.7. The Morgan fingerprint density at radius 3 is 2.15 bits per heavy atom. The van der Waals surface area contributed by atoms with E-state index in [4.69, 9.17) is 16.2 Å². The zero-order valence-electron chi connectivity index (χ0n) is 16.2. The van der Waals surface area contributed by atoms with Gasteiger partial charge in [-0.2, -0.15) is 0 Å². The summed E-state index contributed by atoms with van der Waals surface area (Å²) < 4.78 is 6.16. The van der Waals surface area contributed by atoms with Gasteiger partial charge in [-0.1, -0.05) is 39.3 Å². The summed E-state index contributed by atoms with van der Waals surface area (Å²) in [7, 11) is 0. The highest BCUT2D eigenvalue weighted by molar-refractivity contribution is 5.93. The second-order valence-corrected chi connectivity index (χ2v) is 6.43. The Kier molecular flexibility index (Phi) is 6.99. The van der Waals surface area contributed by atoms with Crippen molar-refractivity contribution in [2.75, 3.05) is 0 Å². The van der Waals surface area contributed by atoms with Crippen LogP contribution < -0.4 is 16.2 Å². The first-order valence-corrected chi connectivity index (χ1v) is 9.49. The van der Waals surface area contributed by atoms with Gasteiger partial charge in [-0.3, -0.25) is 9.59 Å². The molecule has 2 aromatic rings. The third-order valence-corrected chi connectivity index (χ3v) is 4.71. The quantitative estimate of drug-likeness (QED) is 0.823. The highest BCUT2D eigenvalue weighted by Gasteiger charge is 2.29. The molecule has 5 nitrogen and oxygen atoms in total. The summed E-state index contributed by atoms with van der Waals surface area (Å²) in [6, 6.07) is 12.6. The van der Waals surface area contributed by atoms with E-state index in [1.165, 1.54) is 0 Å². The van der Waals surface area contributed by atoms with Crippen LogP contribution in [0.3, 0.4) is 0 Å². The summed E-state index contributed by atoms with van der Waals surface area (Å²) in [5, 5.41) is 0. The monoisotopic (exact) mass is 368 g/mol. The van der Waals surface area contributed by atoms with Gasteiger partial charge in [-0.05, 0) is 60.2 Å². The van der Waals surface area contributed by atoms with Gasteiger partial charge in [0.15, 0.2) is 0 Å². The van der Waals surface area contributed by atoms with Crippen molar-refractivity contribution >= 4 is 11.8 Å². The van der Waals surface area contributed by atoms with Gasteiger partial charge in [-0.25, -0.2) is 0 Å². The molecule has 0 saturated carbocycles. The van der Waals surface area contributed by atoms with Crippen molar-refractivity contribution < 1.29 is 14.3 Å². The maximum atomic E-state index is 11.5. The Bertz CT molecular complexity index is 800. The van der Waals surface area contributed by atoms with E-state index in [9.17, 15) is 9.59 Å². The Labute approximate surface area is 160 Å². The normalized spacial score (nSPS) is 17.7. The third-order valence-electron chi connectivity index (χ3n) is 4.71. The molecule has 3 rings (SSSR count). The number of carbonyl (C=O) groups is 2. The van der Waals surface area contributed by atoms with Crippen LogP contribution in [-0.2, 0) is 0 Å². The number of benzene rings is 2. The summed E-state index contributed by atoms with van der Waals surface area (Å²) in [5.41, 5.74) is 13.7. The second kappa shape index (κ2) is 9.21. The number of ether oxygens (including phenoxy) is 1. The topological polar surface area (TPSA) is 95.4 Å². The molecule has 2 unspecified atom stereocenters. The Hall–Kier alpha value is -2.82. The van der Waals surface area contributed by atoms with Crippen LogP contribution in [0.25, 0.3) is 0 Å². The average Bonchev–Trinajstić information content (AvgIpc) is 2.69. The predicted molar refractivity (Wildman–Crippen MR) is 107 cm³/mol. The molecule has 1 heterocycles. The molecule has 2 aromatic carbocycles. The van der Waals surface area contributed by atoms with Crippen molar-refractivity contribution in [2.45, 2.75) is 52.1 Å². The van der Waals surface area contributed by atoms with E-state index in [0.717, 1.165) is 36.1 Å². The molecule has 2 atom stereocenters. The van der Waals surface area contributed by atoms with Crippen molar-refractivity contribution in [3.05, 3.63) is 64.7 Å². The minimum atomic E-state index is -0.440. The van der Waals surface area contributed by atoms with Crippen LogP contribution in [0.1, 0.15) is 83.9 Å². The van der Waals surface area contributed by atoms with Crippen LogP contribution >= 0.6 is 0 Å². The number of amides is 2. The highest BCUT2D eigenvalue weighted by Crippen LogP contribution is 2.44. The van der Waals surface area contributed by atoms with Crippen molar-refractivity contribution in [1.82, 2.24) is 0 Å². The van der Waals surface area contributed by atoms with Crippen LogP contribution in [-0.4, -0.2) is 11.8 Å². The molecular formula is C22H28N2O3. The first-order chi connectivity index (χ1) is 13.0. The third kappa shape index (κ3) is 4.67. The van der Waals surface area contributed by atoms with Crippen molar-refractivity contribution in [2.24, 2.45) is 11.5 Å². The van der Waals surface area contributed by atoms with Crippen LogP contribution in [0.2, 0.25) is 0 Å². The van der Waals surface area contributed by atoms with Gasteiger partial charge >= 0.3 is 0 Å². The van der Waals surface area contributed by atoms with Gasteiger partial charge in [0.05, 0.1) is 0 Å². The van der Waals surface area contributed by atoms with E-state index in [1.807, 2.05) is 38.1 Å². The maximum absolute atomic E-state index is 11.5. The van der Waals surface area contributed by atoms with Crippen LogP contribution in [0.4, 0.5) is 0 Å². The molecule has 0 saturated heterocycles. The van der Waals surface area contributed by atoms with Crippen LogP contribution in [0, 0.1) is 0 Å². The predicted octanol–water partition coefficient (Wildman–Crippen LogP) is 4.32. The van der Waals surface area contributed by atoms with E-state index in [2.05, 4.69) is 6.92 Å². The molecule has 0 aliphatic carbocycles. The first-order valence-electron chi connectivity index (χ1n) is 9.49. The number of primary amides is 2. The SMILES string of the molecule is CC.CCCC1CC(c2ccc(C(N)=O)cc2)Oc2ccc(C(N)=O)cc21. The van der Waals surface area contributed by atoms with Gasteiger partial charge in [0.1, 0.15) is 11.9 Å². The average molecular weight is 368 g/mol. The minimum absolute atomic E-state index is 0.0922. The summed E-state index contributed by atoms with van der Waals surface area (Å²) in [5.74, 6) is 0.221. The number of carbonyl (C=O) groups excluding carboxylic acids is 2. The molecule has 0 aromatic heterocycles. The van der Waals surface area contributed by atoms with Crippen molar-refractivity contribution in [1.29, 1.82) is 0 Å². The lowest BCUT2D eigenvalue weighted by molar-refractivity contribution is 0.0991. The lowest BCUT2D eigenvalue weighted by Gasteiger charge is -2.33. The minimum Gasteiger partial charge on any atom is -0.485 e. The fourth-order valence-corrected chi connectivity index (χ4v) is 3.40. The molecule has 144 valence electrons. The molecule has 5 heteroatoms. The number of hydrogen-bond donors (Lipinski definition) is 2. The van der Waals surface area contributed by atoms with Gasteiger partial charge < -0.3 is 16.2 Å². The molecule has 0 bridgehead atoms. The van der Waals surface area contributed by atoms with Gasteiger partial charge in [0.25, 0.3) is 0 Å². The zero-order chi connectivity index (χ0) is 20.0. The summed E-state index contributed by atoms with van der Waals surface area (Å²) in [6.07, 6.45) is 2.77. The zero-order valence-corrected chi connectivity index (χ0v) is 16.2. The van der Waals surface area contributed by atoms with E-state index >= 15 is 0 Å². The highest BCUT2D eigenvalue weighted by atomic mass is 16.5. The van der Waals surface area contributed by atoms with Crippen molar-refractivity contribution in [3.8, 4) is 5.75 Å². The Morgan fingerprint density at radius 2 is 1.59 bits per heavy atom. The number of hydrogen-bond acceptors (Lipinski definition) is 3. The fourth-order valence-electron chi connectivity index (χ4n) is 3.40. The van der Waals surface area contributed by atoms with Gasteiger partial charge in [-0.15, -0.1) is 0 Å². The Balaban J connectivity index is 0.00000126. The molecule has 0 spiro atoms. The van der Waals surface area contributed by atoms with E-state index in [0.29, 0.717) is 17.0 Å². The molecule has 2 amide bonds. The fraction of sp³-hybridized carbons (Fsp3) is 0.364. The first kappa shape index (κ1) is 20.5. The smallest absolute Gasteiger partial charge is 0.248 e. The number of rotatable bonds is 5. The number of nitrogens with two attached hydrogens (primary N) is 2. The molecular weight excluding hydrogens is 340 g/mol. The molecule has 0 radical (unpaired) electrons. The Morgan fingerprint density at radius 1 is 1.00 bits per heavy atom. The molecule has 1 aliphatic rings. The summed E-state index contributed by atoms with van der Waals surface area (Å²) >= 11 is 0. The maximum Gasteiger partial charge on any atom is 0.248 e. The van der Waals surface area contributed by atoms with E-state index < -0.39 is 11.8 Å². The lowest BCUT2D eigenvalue weighted by atomic mass is 9.84. The van der Waals surface area contributed by atoms with E-state index in [1.54, 1.807) is 18.2 Å². The molecule has 4 N–H and O–H groups in total. The molecule has 27 heavy (non-hydrogen) atoms. The standard InChI is InChI=1S/C20H22N2O3.C2H6/c1-2-3-14-11-18(12-4-6-13(7-5-12)19(21)23)25-17-9-8-15(20(22)24)10-16(14)17;1-2/h4-10,14,18H,2-3,11H2,1H3,(H2,21,23)(H2,22,24);1-2H3. The summed E-state index contributed by atoms with van der Waals surface area (Å²) in [6.45, 7) is 6.14. The van der Waals surface area contributed by atoms with Crippen molar-refractivity contribution in [3.63, 3.8) is 0 Å². The van der Waals surface area contributed by atoms with Gasteiger partial charge in [0.2, 0.25) is 11.8 Å². The van der Waals surface area contributed by atoms with Gasteiger partial charge in [0, 0.05) is 11.1 Å². The van der Waals surface area contributed by atoms with E-state index in [-0.39, 0.29) is 6.10 Å². The largest absolute Gasteiger partial charge is 0.485 e. The second-order valence-electron chi connectivity index (χ2n) is 6.43. The molecule has 0 fully saturated rings. The molecule has 1 aliphatic heterocycles. The van der Waals surface area contributed by atoms with Crippen LogP contribution in [0.5, 0.6) is 5.75 Å². The van der Waals surface area contributed by atoms with Crippen LogP contribution in [0.15, 0.2) is 42.5 Å². The lowest BCUT2D eigenvalue weighted by Crippen LogP contribution is -2.21. The number of fused-ring (bicyclic) bond motifs is 1.